The van der Waals surface area contributed by atoms with Crippen LogP contribution in [0.4, 0.5) is 0 Å². The van der Waals surface area contributed by atoms with Crippen LogP contribution in [0.15, 0.2) is 0 Å². The summed E-state index contributed by atoms with van der Waals surface area (Å²) >= 11 is 0. The van der Waals surface area contributed by atoms with Crippen molar-refractivity contribution >= 4 is 5.78 Å². The number of carbonyl (C=O) groups is 1. The van der Waals surface area contributed by atoms with Gasteiger partial charge in [0.25, 0.3) is 0 Å². The highest BCUT2D eigenvalue weighted by Crippen LogP contribution is 2.42. The Morgan fingerprint density at radius 1 is 1.05 bits per heavy atom. The maximum absolute atomic E-state index is 12.8. The Morgan fingerprint density at radius 2 is 1.75 bits per heavy atom. The fraction of sp³-hybridized carbons (Fsp3) is 0.938. The quantitative estimate of drug-likeness (QED) is 0.768. The van der Waals surface area contributed by atoms with Crippen molar-refractivity contribution in [3.63, 3.8) is 0 Å². The molecule has 1 aliphatic heterocycles. The summed E-state index contributed by atoms with van der Waals surface area (Å²) in [5.41, 5.74) is 0. The molecule has 2 aliphatic carbocycles. The van der Waals surface area contributed by atoms with Gasteiger partial charge in [0, 0.05) is 11.8 Å². The monoisotopic (exact) mass is 282 g/mol. The van der Waals surface area contributed by atoms with Gasteiger partial charge in [-0.15, -0.1) is 0 Å². The zero-order chi connectivity index (χ0) is 14.3. The minimum Gasteiger partial charge on any atom is -0.390 e. The molecule has 0 aromatic rings. The Balaban J connectivity index is 1.77. The van der Waals surface area contributed by atoms with Gasteiger partial charge in [-0.3, -0.25) is 4.79 Å². The van der Waals surface area contributed by atoms with Crippen molar-refractivity contribution in [3.8, 4) is 0 Å². The molecule has 3 rings (SSSR count). The molecule has 0 aromatic carbocycles. The van der Waals surface area contributed by atoms with Crippen LogP contribution in [0, 0.1) is 17.8 Å². The summed E-state index contributed by atoms with van der Waals surface area (Å²) in [6.07, 6.45) is 4.85. The van der Waals surface area contributed by atoms with E-state index >= 15 is 0 Å². The van der Waals surface area contributed by atoms with Gasteiger partial charge in [-0.05, 0) is 38.5 Å². The first-order valence-corrected chi connectivity index (χ1v) is 8.15. The van der Waals surface area contributed by atoms with Gasteiger partial charge in [-0.25, -0.2) is 0 Å². The maximum Gasteiger partial charge on any atom is 0.144 e. The van der Waals surface area contributed by atoms with Gasteiger partial charge < -0.3 is 14.9 Å². The van der Waals surface area contributed by atoms with E-state index in [0.717, 1.165) is 12.8 Å². The van der Waals surface area contributed by atoms with Gasteiger partial charge in [-0.2, -0.15) is 0 Å². The molecule has 2 saturated carbocycles. The van der Waals surface area contributed by atoms with Crippen molar-refractivity contribution in [1.82, 2.24) is 0 Å². The first-order chi connectivity index (χ1) is 9.59. The zero-order valence-electron chi connectivity index (χ0n) is 12.2. The first-order valence-electron chi connectivity index (χ1n) is 8.15. The molecule has 1 heterocycles. The van der Waals surface area contributed by atoms with E-state index < -0.39 is 18.3 Å². The average Bonchev–Trinajstić information content (AvgIpc) is 2.45. The molecule has 2 N–H and O–H groups in total. The van der Waals surface area contributed by atoms with E-state index in [0.29, 0.717) is 18.8 Å². The highest BCUT2D eigenvalue weighted by Gasteiger charge is 2.51. The SMILES string of the molecule is CC1OC2C(CCC(O)C2O)C(=O)C1C1CCCCC1. The number of carbonyl (C=O) groups excluding carboxylic acids is 1. The largest absolute Gasteiger partial charge is 0.390 e. The number of aliphatic hydroxyl groups is 2. The van der Waals surface area contributed by atoms with Crippen LogP contribution in [0.1, 0.15) is 51.9 Å². The van der Waals surface area contributed by atoms with Crippen molar-refractivity contribution in [2.75, 3.05) is 0 Å². The second kappa shape index (κ2) is 5.74. The number of ether oxygens (including phenoxy) is 1. The maximum atomic E-state index is 12.8. The third-order valence-electron chi connectivity index (χ3n) is 5.63. The van der Waals surface area contributed by atoms with Gasteiger partial charge in [0.2, 0.25) is 0 Å². The predicted molar refractivity (Wildman–Crippen MR) is 74.1 cm³/mol. The molecule has 1 saturated heterocycles. The molecule has 0 aromatic heterocycles. The standard InChI is InChI=1S/C16H26O4/c1-9-13(10-5-3-2-4-6-10)14(18)11-7-8-12(17)15(19)16(11)20-9/h9-13,15-17,19H,2-8H2,1H3. The van der Waals surface area contributed by atoms with Crippen LogP contribution in [0.5, 0.6) is 0 Å². The fourth-order valence-corrected chi connectivity index (χ4v) is 4.54. The molecule has 6 atom stereocenters. The summed E-state index contributed by atoms with van der Waals surface area (Å²) in [5, 5.41) is 19.8. The molecule has 0 radical (unpaired) electrons. The summed E-state index contributed by atoms with van der Waals surface area (Å²) < 4.78 is 5.98. The van der Waals surface area contributed by atoms with E-state index in [1.54, 1.807) is 0 Å². The normalized spacial score (nSPS) is 47.0. The number of rotatable bonds is 1. The van der Waals surface area contributed by atoms with Crippen LogP contribution < -0.4 is 0 Å². The summed E-state index contributed by atoms with van der Waals surface area (Å²) in [6, 6.07) is 0. The number of fused-ring (bicyclic) bond motifs is 1. The van der Waals surface area contributed by atoms with Gasteiger partial charge >= 0.3 is 0 Å². The molecule has 114 valence electrons. The Hall–Kier alpha value is -0.450. The molecule has 0 amide bonds. The van der Waals surface area contributed by atoms with Crippen LogP contribution in [-0.4, -0.2) is 40.4 Å². The molecule has 4 nitrogen and oxygen atoms in total. The third kappa shape index (κ3) is 2.42. The molecule has 6 unspecified atom stereocenters. The second-order valence-corrected chi connectivity index (χ2v) is 6.87. The highest BCUT2D eigenvalue weighted by atomic mass is 16.5. The number of aliphatic hydroxyl groups excluding tert-OH is 2. The lowest BCUT2D eigenvalue weighted by atomic mass is 9.67. The summed E-state index contributed by atoms with van der Waals surface area (Å²) in [6.45, 7) is 1.96. The van der Waals surface area contributed by atoms with Crippen LogP contribution in [0.3, 0.4) is 0 Å². The molecular formula is C16H26O4. The number of hydrogen-bond acceptors (Lipinski definition) is 4. The Bertz CT molecular complexity index is 363. The van der Waals surface area contributed by atoms with Crippen molar-refractivity contribution in [3.05, 3.63) is 0 Å². The van der Waals surface area contributed by atoms with Gasteiger partial charge in [0.05, 0.1) is 18.3 Å². The Labute approximate surface area is 120 Å². The minimum absolute atomic E-state index is 0.000933. The van der Waals surface area contributed by atoms with E-state index in [1.807, 2.05) is 6.92 Å². The first kappa shape index (κ1) is 14.5. The summed E-state index contributed by atoms with van der Waals surface area (Å²) in [5.74, 6) is 0.526. The third-order valence-corrected chi connectivity index (χ3v) is 5.63. The van der Waals surface area contributed by atoms with Crippen LogP contribution >= 0.6 is 0 Å². The molecule has 4 heteroatoms. The van der Waals surface area contributed by atoms with Crippen LogP contribution in [0.2, 0.25) is 0 Å². The number of hydrogen-bond donors (Lipinski definition) is 2. The molecule has 20 heavy (non-hydrogen) atoms. The summed E-state index contributed by atoms with van der Waals surface area (Å²) in [7, 11) is 0. The van der Waals surface area contributed by atoms with E-state index in [9.17, 15) is 15.0 Å². The van der Waals surface area contributed by atoms with Gasteiger partial charge in [0.15, 0.2) is 0 Å². The zero-order valence-corrected chi connectivity index (χ0v) is 12.2. The van der Waals surface area contributed by atoms with Crippen molar-refractivity contribution in [1.29, 1.82) is 0 Å². The number of Topliss-reactive ketones (excluding diaryl/α,β-unsaturated/α-hetero) is 1. The van der Waals surface area contributed by atoms with Gasteiger partial charge in [0.1, 0.15) is 11.9 Å². The van der Waals surface area contributed by atoms with Crippen molar-refractivity contribution in [2.45, 2.75) is 76.3 Å². The van der Waals surface area contributed by atoms with E-state index in [4.69, 9.17) is 4.74 Å². The average molecular weight is 282 g/mol. The second-order valence-electron chi connectivity index (χ2n) is 6.87. The van der Waals surface area contributed by atoms with Crippen LogP contribution in [-0.2, 0) is 9.53 Å². The predicted octanol–water partition coefficient (Wildman–Crippen LogP) is 1.67. The minimum atomic E-state index is -0.910. The van der Waals surface area contributed by atoms with E-state index in [-0.39, 0.29) is 23.7 Å². The smallest absolute Gasteiger partial charge is 0.144 e. The Morgan fingerprint density at radius 3 is 2.45 bits per heavy atom. The topological polar surface area (TPSA) is 66.8 Å². The lowest BCUT2D eigenvalue weighted by Gasteiger charge is -2.47. The highest BCUT2D eigenvalue weighted by molar-refractivity contribution is 5.85. The Kier molecular flexibility index (Phi) is 4.16. The van der Waals surface area contributed by atoms with Crippen molar-refractivity contribution in [2.24, 2.45) is 17.8 Å². The number of ketones is 1. The van der Waals surface area contributed by atoms with Crippen LogP contribution in [0.25, 0.3) is 0 Å². The lowest BCUT2D eigenvalue weighted by Crippen LogP contribution is -2.58. The van der Waals surface area contributed by atoms with E-state index in [2.05, 4.69) is 0 Å². The molecular weight excluding hydrogens is 256 g/mol. The lowest BCUT2D eigenvalue weighted by molar-refractivity contribution is -0.200. The molecule has 3 aliphatic rings. The van der Waals surface area contributed by atoms with Crippen molar-refractivity contribution < 1.29 is 19.7 Å². The van der Waals surface area contributed by atoms with Gasteiger partial charge in [-0.1, -0.05) is 19.3 Å². The molecule has 0 spiro atoms. The molecule has 3 fully saturated rings. The summed E-state index contributed by atoms with van der Waals surface area (Å²) in [4.78, 5) is 12.8. The molecule has 0 bridgehead atoms. The fourth-order valence-electron chi connectivity index (χ4n) is 4.54. The van der Waals surface area contributed by atoms with E-state index in [1.165, 1.54) is 19.3 Å².